The maximum absolute atomic E-state index is 13.9. The lowest BCUT2D eigenvalue weighted by Gasteiger charge is -2.35. The zero-order chi connectivity index (χ0) is 14.5. The van der Waals surface area contributed by atoms with E-state index in [1.165, 1.54) is 7.11 Å². The van der Waals surface area contributed by atoms with Crippen molar-refractivity contribution in [1.29, 1.82) is 0 Å². The monoisotopic (exact) mass is 267 g/mol. The van der Waals surface area contributed by atoms with Crippen LogP contribution in [0.3, 0.4) is 0 Å². The Morgan fingerprint density at radius 1 is 1.32 bits per heavy atom. The number of rotatable bonds is 7. The molecule has 1 aromatic carbocycles. The summed E-state index contributed by atoms with van der Waals surface area (Å²) < 4.78 is 18.8. The van der Waals surface area contributed by atoms with Gasteiger partial charge in [-0.2, -0.15) is 0 Å². The van der Waals surface area contributed by atoms with Crippen molar-refractivity contribution in [3.05, 3.63) is 29.6 Å². The first-order valence-corrected chi connectivity index (χ1v) is 7.03. The summed E-state index contributed by atoms with van der Waals surface area (Å²) in [4.78, 5) is 0. The van der Waals surface area contributed by atoms with Crippen LogP contribution >= 0.6 is 0 Å². The Morgan fingerprint density at radius 2 is 2.00 bits per heavy atom. The minimum Gasteiger partial charge on any atom is -0.494 e. The van der Waals surface area contributed by atoms with E-state index in [2.05, 4.69) is 33.0 Å². The van der Waals surface area contributed by atoms with Crippen molar-refractivity contribution in [2.45, 2.75) is 46.6 Å². The van der Waals surface area contributed by atoms with Crippen molar-refractivity contribution < 1.29 is 9.13 Å². The van der Waals surface area contributed by atoms with E-state index < -0.39 is 0 Å². The van der Waals surface area contributed by atoms with E-state index in [0.717, 1.165) is 24.9 Å². The lowest BCUT2D eigenvalue weighted by molar-refractivity contribution is 0.234. The van der Waals surface area contributed by atoms with E-state index in [9.17, 15) is 4.39 Å². The summed E-state index contributed by atoms with van der Waals surface area (Å²) >= 11 is 0. The first-order valence-electron chi connectivity index (χ1n) is 7.03. The molecule has 1 aromatic rings. The van der Waals surface area contributed by atoms with Crippen LogP contribution in [0.5, 0.6) is 5.75 Å². The summed E-state index contributed by atoms with van der Waals surface area (Å²) in [6.45, 7) is 9.66. The van der Waals surface area contributed by atoms with E-state index in [1.807, 2.05) is 6.07 Å². The minimum absolute atomic E-state index is 0.0796. The average Bonchev–Trinajstić information content (AvgIpc) is 2.39. The average molecular weight is 267 g/mol. The molecule has 0 saturated carbocycles. The summed E-state index contributed by atoms with van der Waals surface area (Å²) in [6, 6.07) is 5.39. The molecule has 0 saturated heterocycles. The molecule has 0 aliphatic carbocycles. The van der Waals surface area contributed by atoms with Crippen LogP contribution in [0, 0.1) is 11.2 Å². The molecule has 1 atom stereocenters. The van der Waals surface area contributed by atoms with E-state index in [-0.39, 0.29) is 17.3 Å². The van der Waals surface area contributed by atoms with Crippen LogP contribution in [0.25, 0.3) is 0 Å². The van der Waals surface area contributed by atoms with Gasteiger partial charge in [-0.1, -0.05) is 33.8 Å². The van der Waals surface area contributed by atoms with Gasteiger partial charge in [0.25, 0.3) is 0 Å². The zero-order valence-corrected chi connectivity index (χ0v) is 12.7. The Kier molecular flexibility index (Phi) is 5.80. The van der Waals surface area contributed by atoms with E-state index >= 15 is 0 Å². The Morgan fingerprint density at radius 3 is 2.47 bits per heavy atom. The fourth-order valence-electron chi connectivity index (χ4n) is 2.20. The molecule has 3 heteroatoms. The molecule has 0 heterocycles. The quantitative estimate of drug-likeness (QED) is 0.794. The number of halogens is 1. The summed E-state index contributed by atoms with van der Waals surface area (Å²) in [5, 5.41) is 3.53. The molecule has 0 aliphatic rings. The van der Waals surface area contributed by atoms with Crippen LogP contribution in [0.15, 0.2) is 18.2 Å². The molecule has 0 fully saturated rings. The van der Waals surface area contributed by atoms with Crippen molar-refractivity contribution in [2.75, 3.05) is 13.7 Å². The summed E-state index contributed by atoms with van der Waals surface area (Å²) in [5.41, 5.74) is 1.06. The number of nitrogens with one attached hydrogen (secondary N) is 1. The molecule has 1 rings (SSSR count). The Balaban J connectivity index is 3.06. The van der Waals surface area contributed by atoms with E-state index in [0.29, 0.717) is 5.75 Å². The number of hydrogen-bond acceptors (Lipinski definition) is 2. The highest BCUT2D eigenvalue weighted by Gasteiger charge is 2.29. The molecule has 0 aliphatic heterocycles. The standard InChI is InChI=1S/C16H26FNO/c1-6-10-18-15(16(3,4)7-2)12-8-9-14(19-5)13(17)11-12/h8-9,11,15,18H,6-7,10H2,1-5H3. The third kappa shape index (κ3) is 3.93. The van der Waals surface area contributed by atoms with Crippen molar-refractivity contribution in [3.8, 4) is 5.75 Å². The second-order valence-electron chi connectivity index (χ2n) is 5.62. The second kappa shape index (κ2) is 6.90. The summed E-state index contributed by atoms with van der Waals surface area (Å²) in [6.07, 6.45) is 2.09. The Hall–Kier alpha value is -1.09. The molecular weight excluding hydrogens is 241 g/mol. The predicted octanol–water partition coefficient (Wildman–Crippen LogP) is 4.31. The Labute approximate surface area is 116 Å². The van der Waals surface area contributed by atoms with E-state index in [1.54, 1.807) is 12.1 Å². The van der Waals surface area contributed by atoms with Gasteiger partial charge in [-0.15, -0.1) is 0 Å². The molecule has 19 heavy (non-hydrogen) atoms. The van der Waals surface area contributed by atoms with Gasteiger partial charge in [-0.3, -0.25) is 0 Å². The molecule has 0 radical (unpaired) electrons. The lowest BCUT2D eigenvalue weighted by atomic mass is 9.78. The minimum atomic E-state index is -0.296. The Bertz CT molecular complexity index is 404. The maximum atomic E-state index is 13.9. The van der Waals surface area contributed by atoms with Gasteiger partial charge in [0, 0.05) is 6.04 Å². The van der Waals surface area contributed by atoms with Gasteiger partial charge in [0.05, 0.1) is 7.11 Å². The fourth-order valence-corrected chi connectivity index (χ4v) is 2.20. The van der Waals surface area contributed by atoms with Gasteiger partial charge in [-0.25, -0.2) is 4.39 Å². The molecule has 0 spiro atoms. The third-order valence-electron chi connectivity index (χ3n) is 3.80. The number of benzene rings is 1. The van der Waals surface area contributed by atoms with Crippen molar-refractivity contribution in [1.82, 2.24) is 5.32 Å². The molecule has 0 amide bonds. The topological polar surface area (TPSA) is 21.3 Å². The third-order valence-corrected chi connectivity index (χ3v) is 3.80. The van der Waals surface area contributed by atoms with Gasteiger partial charge in [-0.05, 0) is 42.5 Å². The maximum Gasteiger partial charge on any atom is 0.165 e. The molecule has 108 valence electrons. The first-order chi connectivity index (χ1) is 8.96. The summed E-state index contributed by atoms with van der Waals surface area (Å²) in [7, 11) is 1.49. The highest BCUT2D eigenvalue weighted by Crippen LogP contribution is 2.37. The molecule has 1 unspecified atom stereocenters. The number of methoxy groups -OCH3 is 1. The van der Waals surface area contributed by atoms with Crippen molar-refractivity contribution in [3.63, 3.8) is 0 Å². The molecule has 0 aromatic heterocycles. The number of hydrogen-bond donors (Lipinski definition) is 1. The molecule has 1 N–H and O–H groups in total. The predicted molar refractivity (Wildman–Crippen MR) is 78.1 cm³/mol. The van der Waals surface area contributed by atoms with Crippen LogP contribution in [0.2, 0.25) is 0 Å². The van der Waals surface area contributed by atoms with Crippen molar-refractivity contribution in [2.24, 2.45) is 5.41 Å². The van der Waals surface area contributed by atoms with Gasteiger partial charge < -0.3 is 10.1 Å². The van der Waals surface area contributed by atoms with Gasteiger partial charge in [0.2, 0.25) is 0 Å². The normalized spacial score (nSPS) is 13.4. The first kappa shape index (κ1) is 16.0. The molecular formula is C16H26FNO. The smallest absolute Gasteiger partial charge is 0.165 e. The van der Waals surface area contributed by atoms with Crippen LogP contribution in [0.4, 0.5) is 4.39 Å². The van der Waals surface area contributed by atoms with Crippen LogP contribution in [0.1, 0.15) is 52.1 Å². The van der Waals surface area contributed by atoms with Crippen LogP contribution < -0.4 is 10.1 Å². The largest absolute Gasteiger partial charge is 0.494 e. The van der Waals surface area contributed by atoms with Gasteiger partial charge >= 0.3 is 0 Å². The summed E-state index contributed by atoms with van der Waals surface area (Å²) in [5.74, 6) is 0.00231. The van der Waals surface area contributed by atoms with E-state index in [4.69, 9.17) is 4.74 Å². The second-order valence-corrected chi connectivity index (χ2v) is 5.62. The van der Waals surface area contributed by atoms with Gasteiger partial charge in [0.1, 0.15) is 0 Å². The van der Waals surface area contributed by atoms with Crippen LogP contribution in [-0.4, -0.2) is 13.7 Å². The molecule has 0 bridgehead atoms. The number of ether oxygens (including phenoxy) is 1. The van der Waals surface area contributed by atoms with Gasteiger partial charge in [0.15, 0.2) is 11.6 Å². The fraction of sp³-hybridized carbons (Fsp3) is 0.625. The zero-order valence-electron chi connectivity index (χ0n) is 12.7. The van der Waals surface area contributed by atoms with Crippen LogP contribution in [-0.2, 0) is 0 Å². The SMILES string of the molecule is CCCNC(c1ccc(OC)c(F)c1)C(C)(C)CC. The highest BCUT2D eigenvalue weighted by atomic mass is 19.1. The highest BCUT2D eigenvalue weighted by molar-refractivity contribution is 5.31. The lowest BCUT2D eigenvalue weighted by Crippen LogP contribution is -2.34. The van der Waals surface area contributed by atoms with Crippen molar-refractivity contribution >= 4 is 0 Å². The molecule has 2 nitrogen and oxygen atoms in total.